The van der Waals surface area contributed by atoms with Gasteiger partial charge in [-0.1, -0.05) is 5.10 Å². The number of hydrogen-bond donors (Lipinski definition) is 0. The molecule has 60 valence electrons. The summed E-state index contributed by atoms with van der Waals surface area (Å²) in [5.41, 5.74) is 0.774. The standard InChI is InChI=1S/C6H11N5/c1-7-9-8-6-10(2)4-5-11(6)3/h4-5H,1-3H3. The van der Waals surface area contributed by atoms with Gasteiger partial charge in [-0.15, -0.1) is 0 Å². The van der Waals surface area contributed by atoms with Crippen molar-refractivity contribution in [2.75, 3.05) is 7.05 Å². The van der Waals surface area contributed by atoms with Gasteiger partial charge in [0.1, 0.15) is 0 Å². The predicted molar refractivity (Wildman–Crippen MR) is 40.7 cm³/mol. The summed E-state index contributed by atoms with van der Waals surface area (Å²) in [4.78, 5) is 0. The fourth-order valence-electron chi connectivity index (χ4n) is 0.808. The first-order valence-corrected chi connectivity index (χ1v) is 3.26. The van der Waals surface area contributed by atoms with Gasteiger partial charge >= 0.3 is 0 Å². The Morgan fingerprint density at radius 3 is 2.18 bits per heavy atom. The Labute approximate surface area is 64.7 Å². The molecular weight excluding hydrogens is 142 g/mol. The van der Waals surface area contributed by atoms with Crippen LogP contribution in [0.4, 0.5) is 0 Å². The summed E-state index contributed by atoms with van der Waals surface area (Å²) in [5.74, 6) is 0. The molecular formula is C6H11N5. The van der Waals surface area contributed by atoms with Crippen molar-refractivity contribution in [1.82, 2.24) is 9.13 Å². The van der Waals surface area contributed by atoms with Gasteiger partial charge in [-0.25, -0.2) is 0 Å². The minimum Gasteiger partial charge on any atom is -0.319 e. The molecule has 1 aromatic heterocycles. The zero-order valence-corrected chi connectivity index (χ0v) is 6.89. The van der Waals surface area contributed by atoms with Crippen molar-refractivity contribution in [2.45, 2.75) is 0 Å². The molecule has 0 aromatic carbocycles. The van der Waals surface area contributed by atoms with Gasteiger partial charge in [0.2, 0.25) is 5.62 Å². The van der Waals surface area contributed by atoms with Crippen LogP contribution in [0.2, 0.25) is 0 Å². The van der Waals surface area contributed by atoms with Crippen LogP contribution in [-0.2, 0) is 14.1 Å². The SMILES string of the molecule is CN=NN=c1n(C)ccn1C. The molecule has 0 amide bonds. The van der Waals surface area contributed by atoms with Crippen LogP contribution in [0.5, 0.6) is 0 Å². The van der Waals surface area contributed by atoms with Crippen LogP contribution in [0, 0.1) is 0 Å². The highest BCUT2D eigenvalue weighted by atomic mass is 15.4. The lowest BCUT2D eigenvalue weighted by Gasteiger charge is -1.89. The Kier molecular flexibility index (Phi) is 2.20. The summed E-state index contributed by atoms with van der Waals surface area (Å²) in [5, 5.41) is 10.9. The summed E-state index contributed by atoms with van der Waals surface area (Å²) in [6, 6.07) is 0. The van der Waals surface area contributed by atoms with Gasteiger partial charge in [-0.05, 0) is 5.22 Å². The third kappa shape index (κ3) is 1.54. The second-order valence-electron chi connectivity index (χ2n) is 2.21. The van der Waals surface area contributed by atoms with Crippen molar-refractivity contribution in [2.24, 2.45) is 29.5 Å². The maximum absolute atomic E-state index is 3.87. The maximum atomic E-state index is 3.87. The van der Waals surface area contributed by atoms with Crippen LogP contribution < -0.4 is 5.62 Å². The summed E-state index contributed by atoms with van der Waals surface area (Å²) in [7, 11) is 5.40. The van der Waals surface area contributed by atoms with Crippen molar-refractivity contribution in [3.8, 4) is 0 Å². The van der Waals surface area contributed by atoms with Crippen molar-refractivity contribution in [3.05, 3.63) is 18.0 Å². The molecule has 0 aliphatic carbocycles. The number of imidazole rings is 1. The molecule has 0 atom stereocenters. The second-order valence-corrected chi connectivity index (χ2v) is 2.21. The van der Waals surface area contributed by atoms with Gasteiger partial charge in [-0.3, -0.25) is 0 Å². The molecule has 5 nitrogen and oxygen atoms in total. The van der Waals surface area contributed by atoms with Crippen LogP contribution >= 0.6 is 0 Å². The lowest BCUT2D eigenvalue weighted by molar-refractivity contribution is 0.716. The van der Waals surface area contributed by atoms with E-state index in [1.807, 2.05) is 35.6 Å². The zero-order valence-electron chi connectivity index (χ0n) is 6.89. The molecule has 11 heavy (non-hydrogen) atoms. The molecule has 0 spiro atoms. The van der Waals surface area contributed by atoms with Gasteiger partial charge in [0.25, 0.3) is 0 Å². The highest BCUT2D eigenvalue weighted by Gasteiger charge is 1.89. The summed E-state index contributed by atoms with van der Waals surface area (Å²) in [6.45, 7) is 0. The van der Waals surface area contributed by atoms with Crippen molar-refractivity contribution in [3.63, 3.8) is 0 Å². The lowest BCUT2D eigenvalue weighted by Crippen LogP contribution is -2.20. The zero-order chi connectivity index (χ0) is 8.27. The van der Waals surface area contributed by atoms with Gasteiger partial charge in [0.05, 0.1) is 7.05 Å². The molecule has 1 aromatic rings. The van der Waals surface area contributed by atoms with Crippen molar-refractivity contribution >= 4 is 0 Å². The third-order valence-electron chi connectivity index (χ3n) is 1.37. The molecule has 0 N–H and O–H groups in total. The van der Waals surface area contributed by atoms with Gasteiger partial charge in [0, 0.05) is 26.5 Å². The van der Waals surface area contributed by atoms with E-state index in [-0.39, 0.29) is 0 Å². The van der Waals surface area contributed by atoms with E-state index in [4.69, 9.17) is 0 Å². The Balaban J connectivity index is 3.20. The summed E-state index contributed by atoms with van der Waals surface area (Å²) < 4.78 is 3.74. The molecule has 0 saturated carbocycles. The maximum Gasteiger partial charge on any atom is 0.231 e. The number of nitrogens with zero attached hydrogens (tertiary/aromatic N) is 5. The van der Waals surface area contributed by atoms with Crippen LogP contribution in [0.15, 0.2) is 27.8 Å². The smallest absolute Gasteiger partial charge is 0.231 e. The van der Waals surface area contributed by atoms with E-state index in [2.05, 4.69) is 15.4 Å². The van der Waals surface area contributed by atoms with E-state index in [1.165, 1.54) is 0 Å². The Morgan fingerprint density at radius 1 is 1.18 bits per heavy atom. The van der Waals surface area contributed by atoms with Gasteiger partial charge < -0.3 is 9.13 Å². The largest absolute Gasteiger partial charge is 0.319 e. The Bertz CT molecular complexity index is 293. The molecule has 1 rings (SSSR count). The fraction of sp³-hybridized carbons (Fsp3) is 0.500. The third-order valence-corrected chi connectivity index (χ3v) is 1.37. The monoisotopic (exact) mass is 153 g/mol. The number of aromatic nitrogens is 2. The second kappa shape index (κ2) is 3.14. The van der Waals surface area contributed by atoms with Crippen molar-refractivity contribution < 1.29 is 0 Å². The molecule has 1 heterocycles. The van der Waals surface area contributed by atoms with Crippen LogP contribution in [0.1, 0.15) is 0 Å². The average molecular weight is 153 g/mol. The lowest BCUT2D eigenvalue weighted by atomic mass is 10.9. The summed E-state index contributed by atoms with van der Waals surface area (Å²) >= 11 is 0. The quantitative estimate of drug-likeness (QED) is 0.410. The average Bonchev–Trinajstić information content (AvgIpc) is 2.29. The number of hydrogen-bond acceptors (Lipinski definition) is 2. The molecule has 5 heteroatoms. The first-order valence-electron chi connectivity index (χ1n) is 3.26. The van der Waals surface area contributed by atoms with E-state index in [0.29, 0.717) is 0 Å². The van der Waals surface area contributed by atoms with E-state index >= 15 is 0 Å². The molecule has 0 unspecified atom stereocenters. The molecule has 0 bridgehead atoms. The number of rotatable bonds is 1. The highest BCUT2D eigenvalue weighted by Crippen LogP contribution is 1.77. The molecule has 0 aliphatic rings. The highest BCUT2D eigenvalue weighted by molar-refractivity contribution is 4.76. The number of aryl methyl sites for hydroxylation is 2. The molecule has 0 aliphatic heterocycles. The topological polar surface area (TPSA) is 46.9 Å². The van der Waals surface area contributed by atoms with E-state index < -0.39 is 0 Å². The first kappa shape index (κ1) is 7.71. The van der Waals surface area contributed by atoms with Crippen LogP contribution in [0.25, 0.3) is 0 Å². The van der Waals surface area contributed by atoms with E-state index in [9.17, 15) is 0 Å². The van der Waals surface area contributed by atoms with E-state index in [1.54, 1.807) is 7.05 Å². The minimum atomic E-state index is 0.774. The van der Waals surface area contributed by atoms with Gasteiger partial charge in [0.15, 0.2) is 0 Å². The Hall–Kier alpha value is -1.39. The Morgan fingerprint density at radius 2 is 1.73 bits per heavy atom. The first-order chi connectivity index (χ1) is 5.25. The van der Waals surface area contributed by atoms with Crippen molar-refractivity contribution in [1.29, 1.82) is 0 Å². The normalized spacial score (nSPS) is 10.8. The van der Waals surface area contributed by atoms with Gasteiger partial charge in [-0.2, -0.15) is 5.11 Å². The van der Waals surface area contributed by atoms with Crippen LogP contribution in [0.3, 0.4) is 0 Å². The molecule has 0 fully saturated rings. The molecule has 0 radical (unpaired) electrons. The fourth-order valence-corrected chi connectivity index (χ4v) is 0.808. The molecule has 0 saturated heterocycles. The van der Waals surface area contributed by atoms with E-state index in [0.717, 1.165) is 5.62 Å². The minimum absolute atomic E-state index is 0.774. The summed E-state index contributed by atoms with van der Waals surface area (Å²) in [6.07, 6.45) is 3.81. The predicted octanol–water partition coefficient (Wildman–Crippen LogP) is 0.261. The van der Waals surface area contributed by atoms with Crippen LogP contribution in [-0.4, -0.2) is 16.2 Å².